The van der Waals surface area contributed by atoms with E-state index in [0.29, 0.717) is 5.75 Å². The summed E-state index contributed by atoms with van der Waals surface area (Å²) < 4.78 is 18.8. The SMILES string of the molecule is CCCCC(NC)c1ccc(OC)cc1F. The lowest BCUT2D eigenvalue weighted by molar-refractivity contribution is 0.408. The lowest BCUT2D eigenvalue weighted by atomic mass is 10.0. The number of halogens is 1. The minimum atomic E-state index is -0.199. The van der Waals surface area contributed by atoms with Crippen molar-refractivity contribution < 1.29 is 9.13 Å². The molecule has 0 fully saturated rings. The molecular weight excluding hydrogens is 205 g/mol. The molecule has 1 unspecified atom stereocenters. The van der Waals surface area contributed by atoms with Crippen LogP contribution in [0.2, 0.25) is 0 Å². The molecule has 0 spiro atoms. The molecule has 3 heteroatoms. The number of ether oxygens (including phenoxy) is 1. The second-order valence-electron chi connectivity index (χ2n) is 3.87. The van der Waals surface area contributed by atoms with Crippen molar-refractivity contribution in [2.24, 2.45) is 0 Å². The molecule has 2 nitrogen and oxygen atoms in total. The molecule has 0 saturated carbocycles. The van der Waals surface area contributed by atoms with E-state index in [1.165, 1.54) is 6.07 Å². The van der Waals surface area contributed by atoms with Crippen LogP contribution in [0.5, 0.6) is 5.75 Å². The second-order valence-corrected chi connectivity index (χ2v) is 3.87. The van der Waals surface area contributed by atoms with Crippen LogP contribution in [0.3, 0.4) is 0 Å². The summed E-state index contributed by atoms with van der Waals surface area (Å²) in [7, 11) is 3.41. The summed E-state index contributed by atoms with van der Waals surface area (Å²) in [5.41, 5.74) is 0.719. The topological polar surface area (TPSA) is 21.3 Å². The predicted molar refractivity (Wildman–Crippen MR) is 64.3 cm³/mol. The van der Waals surface area contributed by atoms with Crippen LogP contribution in [0.25, 0.3) is 0 Å². The Morgan fingerprint density at radius 3 is 2.69 bits per heavy atom. The van der Waals surface area contributed by atoms with Crippen molar-refractivity contribution in [2.45, 2.75) is 32.2 Å². The third-order valence-electron chi connectivity index (χ3n) is 2.78. The van der Waals surface area contributed by atoms with Gasteiger partial charge in [0.1, 0.15) is 11.6 Å². The van der Waals surface area contributed by atoms with Gasteiger partial charge in [-0.2, -0.15) is 0 Å². The molecule has 0 aromatic heterocycles. The monoisotopic (exact) mass is 225 g/mol. The van der Waals surface area contributed by atoms with Crippen LogP contribution in [0, 0.1) is 5.82 Å². The smallest absolute Gasteiger partial charge is 0.131 e. The molecule has 0 amide bonds. The molecule has 0 saturated heterocycles. The van der Waals surface area contributed by atoms with Crippen LogP contribution in [-0.4, -0.2) is 14.2 Å². The summed E-state index contributed by atoms with van der Waals surface area (Å²) in [5, 5.41) is 3.15. The van der Waals surface area contributed by atoms with E-state index in [4.69, 9.17) is 4.74 Å². The highest BCUT2D eigenvalue weighted by atomic mass is 19.1. The van der Waals surface area contributed by atoms with Crippen LogP contribution in [0.1, 0.15) is 37.8 Å². The maximum absolute atomic E-state index is 13.8. The number of unbranched alkanes of at least 4 members (excludes halogenated alkanes) is 1. The van der Waals surface area contributed by atoms with Crippen molar-refractivity contribution in [3.05, 3.63) is 29.6 Å². The first-order valence-corrected chi connectivity index (χ1v) is 5.73. The van der Waals surface area contributed by atoms with Crippen molar-refractivity contribution >= 4 is 0 Å². The molecule has 0 aliphatic rings. The molecule has 0 radical (unpaired) electrons. The van der Waals surface area contributed by atoms with Crippen molar-refractivity contribution in [1.29, 1.82) is 0 Å². The summed E-state index contributed by atoms with van der Waals surface area (Å²) >= 11 is 0. The lowest BCUT2D eigenvalue weighted by Gasteiger charge is -2.17. The molecule has 0 aliphatic heterocycles. The highest BCUT2D eigenvalue weighted by molar-refractivity contribution is 5.30. The molecule has 16 heavy (non-hydrogen) atoms. The standard InChI is InChI=1S/C13H20FNO/c1-4-5-6-13(15-2)11-8-7-10(16-3)9-12(11)14/h7-9,13,15H,4-6H2,1-3H3. The van der Waals surface area contributed by atoms with Crippen molar-refractivity contribution in [1.82, 2.24) is 5.32 Å². The molecule has 0 bridgehead atoms. The van der Waals surface area contributed by atoms with Gasteiger partial charge in [0, 0.05) is 17.7 Å². The summed E-state index contributed by atoms with van der Waals surface area (Å²) in [6.45, 7) is 2.14. The van der Waals surface area contributed by atoms with Gasteiger partial charge in [0.05, 0.1) is 7.11 Å². The van der Waals surface area contributed by atoms with Crippen LogP contribution < -0.4 is 10.1 Å². The third-order valence-corrected chi connectivity index (χ3v) is 2.78. The highest BCUT2D eigenvalue weighted by Crippen LogP contribution is 2.25. The van der Waals surface area contributed by atoms with Crippen LogP contribution >= 0.6 is 0 Å². The third kappa shape index (κ3) is 3.20. The summed E-state index contributed by atoms with van der Waals surface area (Å²) in [5.74, 6) is 0.362. The van der Waals surface area contributed by atoms with Gasteiger partial charge in [-0.3, -0.25) is 0 Å². The zero-order valence-electron chi connectivity index (χ0n) is 10.2. The van der Waals surface area contributed by atoms with Gasteiger partial charge in [-0.15, -0.1) is 0 Å². The van der Waals surface area contributed by atoms with Gasteiger partial charge in [0.25, 0.3) is 0 Å². The Balaban J connectivity index is 2.83. The van der Waals surface area contributed by atoms with E-state index in [2.05, 4.69) is 12.2 Å². The van der Waals surface area contributed by atoms with E-state index in [-0.39, 0.29) is 11.9 Å². The van der Waals surface area contributed by atoms with E-state index < -0.39 is 0 Å². The van der Waals surface area contributed by atoms with E-state index in [9.17, 15) is 4.39 Å². The van der Waals surface area contributed by atoms with Gasteiger partial charge in [-0.05, 0) is 19.5 Å². The van der Waals surface area contributed by atoms with E-state index in [1.54, 1.807) is 19.2 Å². The minimum absolute atomic E-state index is 0.0888. The quantitative estimate of drug-likeness (QED) is 0.802. The summed E-state index contributed by atoms with van der Waals surface area (Å²) in [6.07, 6.45) is 3.17. The first kappa shape index (κ1) is 13.0. The molecule has 1 aromatic carbocycles. The Hall–Kier alpha value is -1.09. The van der Waals surface area contributed by atoms with Crippen molar-refractivity contribution in [2.75, 3.05) is 14.2 Å². The average molecular weight is 225 g/mol. The number of hydrogen-bond acceptors (Lipinski definition) is 2. The normalized spacial score (nSPS) is 12.5. The molecule has 1 atom stereocenters. The van der Waals surface area contributed by atoms with Gasteiger partial charge in [0.15, 0.2) is 0 Å². The molecule has 0 aliphatic carbocycles. The predicted octanol–water partition coefficient (Wildman–Crippen LogP) is 3.29. The van der Waals surface area contributed by atoms with E-state index in [1.807, 2.05) is 7.05 Å². The van der Waals surface area contributed by atoms with Gasteiger partial charge < -0.3 is 10.1 Å². The van der Waals surface area contributed by atoms with Gasteiger partial charge >= 0.3 is 0 Å². The Morgan fingerprint density at radius 2 is 2.19 bits per heavy atom. The van der Waals surface area contributed by atoms with Gasteiger partial charge in [-0.25, -0.2) is 4.39 Å². The van der Waals surface area contributed by atoms with Crippen LogP contribution in [0.4, 0.5) is 4.39 Å². The summed E-state index contributed by atoms with van der Waals surface area (Å²) in [4.78, 5) is 0. The molecule has 1 aromatic rings. The number of hydrogen-bond donors (Lipinski definition) is 1. The number of benzene rings is 1. The fraction of sp³-hybridized carbons (Fsp3) is 0.538. The Kier molecular flexibility index (Phi) is 5.26. The fourth-order valence-corrected chi connectivity index (χ4v) is 1.78. The Morgan fingerprint density at radius 1 is 1.44 bits per heavy atom. The van der Waals surface area contributed by atoms with Gasteiger partial charge in [-0.1, -0.05) is 25.8 Å². The molecule has 1 rings (SSSR count). The highest BCUT2D eigenvalue weighted by Gasteiger charge is 2.13. The molecule has 0 heterocycles. The zero-order valence-corrected chi connectivity index (χ0v) is 10.2. The zero-order chi connectivity index (χ0) is 12.0. The van der Waals surface area contributed by atoms with Crippen LogP contribution in [0.15, 0.2) is 18.2 Å². The molecule has 90 valence electrons. The first-order valence-electron chi connectivity index (χ1n) is 5.73. The largest absolute Gasteiger partial charge is 0.497 e. The number of nitrogens with one attached hydrogen (secondary N) is 1. The lowest BCUT2D eigenvalue weighted by Crippen LogP contribution is -2.17. The number of methoxy groups -OCH3 is 1. The maximum Gasteiger partial charge on any atom is 0.131 e. The Bertz CT molecular complexity index is 328. The Labute approximate surface area is 96.8 Å². The molecule has 1 N–H and O–H groups in total. The van der Waals surface area contributed by atoms with E-state index in [0.717, 1.165) is 24.8 Å². The molecular formula is C13H20FNO. The van der Waals surface area contributed by atoms with Crippen LogP contribution in [-0.2, 0) is 0 Å². The second kappa shape index (κ2) is 6.48. The minimum Gasteiger partial charge on any atom is -0.497 e. The van der Waals surface area contributed by atoms with Crippen molar-refractivity contribution in [3.8, 4) is 5.75 Å². The van der Waals surface area contributed by atoms with Gasteiger partial charge in [0.2, 0.25) is 0 Å². The first-order chi connectivity index (χ1) is 7.72. The number of rotatable bonds is 6. The van der Waals surface area contributed by atoms with Crippen molar-refractivity contribution in [3.63, 3.8) is 0 Å². The maximum atomic E-state index is 13.8. The average Bonchev–Trinajstić information content (AvgIpc) is 2.31. The fourth-order valence-electron chi connectivity index (χ4n) is 1.78. The van der Waals surface area contributed by atoms with E-state index >= 15 is 0 Å². The summed E-state index contributed by atoms with van der Waals surface area (Å²) in [6, 6.07) is 5.12.